The predicted octanol–water partition coefficient (Wildman–Crippen LogP) is 2.48. The Morgan fingerprint density at radius 2 is 2.10 bits per heavy atom. The van der Waals surface area contributed by atoms with Crippen LogP contribution >= 0.6 is 0 Å². The fraction of sp³-hybridized carbons (Fsp3) is 0.938. The van der Waals surface area contributed by atoms with Crippen LogP contribution in [0.5, 0.6) is 0 Å². The minimum Gasteiger partial charge on any atom is -0.480 e. The van der Waals surface area contributed by atoms with Crippen molar-refractivity contribution in [1.29, 1.82) is 0 Å². The highest BCUT2D eigenvalue weighted by molar-refractivity contribution is 5.79. The van der Waals surface area contributed by atoms with Gasteiger partial charge in [0.2, 0.25) is 0 Å². The van der Waals surface area contributed by atoms with E-state index in [1.54, 1.807) is 0 Å². The largest absolute Gasteiger partial charge is 0.480 e. The predicted molar refractivity (Wildman–Crippen MR) is 80.9 cm³/mol. The summed E-state index contributed by atoms with van der Waals surface area (Å²) in [6, 6.07) is 0.782. The molecule has 0 saturated heterocycles. The topological polar surface area (TPSA) is 52.6 Å². The molecule has 0 aromatic carbocycles. The number of hydrogen-bond acceptors (Lipinski definition) is 3. The maximum absolute atomic E-state index is 11.8. The van der Waals surface area contributed by atoms with Gasteiger partial charge in [-0.25, -0.2) is 0 Å². The molecule has 4 nitrogen and oxygen atoms in total. The summed E-state index contributed by atoms with van der Waals surface area (Å²) in [4.78, 5) is 14.4. The Hall–Kier alpha value is -0.610. The zero-order valence-corrected chi connectivity index (χ0v) is 13.0. The van der Waals surface area contributed by atoms with E-state index < -0.39 is 11.5 Å². The summed E-state index contributed by atoms with van der Waals surface area (Å²) in [5.41, 5.74) is -0.654. The van der Waals surface area contributed by atoms with Gasteiger partial charge in [-0.05, 0) is 64.1 Å². The van der Waals surface area contributed by atoms with Crippen LogP contribution in [0.15, 0.2) is 0 Å². The lowest BCUT2D eigenvalue weighted by Gasteiger charge is -2.34. The molecule has 2 aliphatic carbocycles. The zero-order valence-electron chi connectivity index (χ0n) is 13.0. The molecule has 2 atom stereocenters. The Kier molecular flexibility index (Phi) is 5.44. The molecular formula is C16H30N2O2. The van der Waals surface area contributed by atoms with Crippen LogP contribution in [0.3, 0.4) is 0 Å². The van der Waals surface area contributed by atoms with Crippen LogP contribution in [-0.2, 0) is 4.79 Å². The molecule has 0 aromatic rings. The molecule has 0 heterocycles. The van der Waals surface area contributed by atoms with Gasteiger partial charge in [-0.15, -0.1) is 0 Å². The SMILES string of the molecule is CCCNC1(C(=O)O)CCCC1CCN(CC)C1CC1. The van der Waals surface area contributed by atoms with E-state index in [2.05, 4.69) is 24.1 Å². The molecular weight excluding hydrogens is 252 g/mol. The third-order valence-corrected chi connectivity index (χ3v) is 5.13. The number of nitrogens with zero attached hydrogens (tertiary/aromatic N) is 1. The first kappa shape index (κ1) is 15.8. The highest BCUT2D eigenvalue weighted by atomic mass is 16.4. The van der Waals surface area contributed by atoms with E-state index in [1.165, 1.54) is 12.8 Å². The van der Waals surface area contributed by atoms with E-state index >= 15 is 0 Å². The molecule has 0 spiro atoms. The van der Waals surface area contributed by atoms with Gasteiger partial charge in [-0.1, -0.05) is 20.3 Å². The highest BCUT2D eigenvalue weighted by Gasteiger charge is 2.48. The first-order valence-corrected chi connectivity index (χ1v) is 8.36. The molecule has 4 heteroatoms. The number of hydrogen-bond donors (Lipinski definition) is 2. The normalized spacial score (nSPS) is 30.1. The summed E-state index contributed by atoms with van der Waals surface area (Å²) < 4.78 is 0. The van der Waals surface area contributed by atoms with Crippen LogP contribution in [0.1, 0.15) is 58.8 Å². The lowest BCUT2D eigenvalue weighted by Crippen LogP contribution is -2.55. The maximum Gasteiger partial charge on any atom is 0.324 e. The lowest BCUT2D eigenvalue weighted by molar-refractivity contribution is -0.146. The smallest absolute Gasteiger partial charge is 0.324 e. The van der Waals surface area contributed by atoms with Crippen molar-refractivity contribution in [3.8, 4) is 0 Å². The Morgan fingerprint density at radius 3 is 2.65 bits per heavy atom. The third-order valence-electron chi connectivity index (χ3n) is 5.13. The second-order valence-corrected chi connectivity index (χ2v) is 6.44. The van der Waals surface area contributed by atoms with Crippen molar-refractivity contribution in [2.75, 3.05) is 19.6 Å². The second kappa shape index (κ2) is 6.90. The summed E-state index contributed by atoms with van der Waals surface area (Å²) in [7, 11) is 0. The van der Waals surface area contributed by atoms with Crippen LogP contribution in [-0.4, -0.2) is 47.2 Å². The third kappa shape index (κ3) is 3.34. The Labute approximate surface area is 122 Å². The van der Waals surface area contributed by atoms with Crippen molar-refractivity contribution in [2.45, 2.75) is 70.4 Å². The summed E-state index contributed by atoms with van der Waals surface area (Å²) >= 11 is 0. The van der Waals surface area contributed by atoms with E-state index in [1.807, 2.05) is 0 Å². The number of nitrogens with one attached hydrogen (secondary N) is 1. The summed E-state index contributed by atoms with van der Waals surface area (Å²) in [5, 5.41) is 13.1. The van der Waals surface area contributed by atoms with E-state index in [9.17, 15) is 9.90 Å². The molecule has 0 amide bonds. The van der Waals surface area contributed by atoms with Gasteiger partial charge >= 0.3 is 5.97 Å². The first-order chi connectivity index (χ1) is 9.64. The quantitative estimate of drug-likeness (QED) is 0.682. The van der Waals surface area contributed by atoms with Gasteiger partial charge < -0.3 is 15.3 Å². The summed E-state index contributed by atoms with van der Waals surface area (Å²) in [6.07, 6.45) is 7.57. The summed E-state index contributed by atoms with van der Waals surface area (Å²) in [6.45, 7) is 7.28. The van der Waals surface area contributed by atoms with Crippen molar-refractivity contribution in [1.82, 2.24) is 10.2 Å². The van der Waals surface area contributed by atoms with Crippen LogP contribution in [0.2, 0.25) is 0 Å². The van der Waals surface area contributed by atoms with Gasteiger partial charge in [0, 0.05) is 6.04 Å². The molecule has 116 valence electrons. The Morgan fingerprint density at radius 1 is 1.35 bits per heavy atom. The Balaban J connectivity index is 1.94. The molecule has 0 bridgehead atoms. The number of aliphatic carboxylic acids is 1. The van der Waals surface area contributed by atoms with E-state index in [-0.39, 0.29) is 0 Å². The Bertz CT molecular complexity index is 330. The molecule has 2 fully saturated rings. The summed E-state index contributed by atoms with van der Waals surface area (Å²) in [5.74, 6) is -0.345. The molecule has 0 aliphatic heterocycles. The van der Waals surface area contributed by atoms with Gasteiger partial charge in [-0.3, -0.25) is 4.79 Å². The molecule has 2 saturated carbocycles. The van der Waals surface area contributed by atoms with Crippen LogP contribution in [0.4, 0.5) is 0 Å². The number of rotatable bonds is 9. The van der Waals surface area contributed by atoms with Crippen molar-refractivity contribution in [3.05, 3.63) is 0 Å². The minimum atomic E-state index is -0.654. The van der Waals surface area contributed by atoms with E-state index in [4.69, 9.17) is 0 Å². The fourth-order valence-electron chi connectivity index (χ4n) is 3.77. The molecule has 2 unspecified atom stereocenters. The minimum absolute atomic E-state index is 0.291. The van der Waals surface area contributed by atoms with Crippen LogP contribution in [0.25, 0.3) is 0 Å². The van der Waals surface area contributed by atoms with Gasteiger partial charge in [-0.2, -0.15) is 0 Å². The average molecular weight is 282 g/mol. The molecule has 2 rings (SSSR count). The number of carboxylic acid groups (broad SMARTS) is 1. The standard InChI is InChI=1S/C16H30N2O2/c1-3-11-17-16(15(19)20)10-5-6-13(16)9-12-18(4-2)14-7-8-14/h13-14,17H,3-12H2,1-2H3,(H,19,20). The highest BCUT2D eigenvalue weighted by Crippen LogP contribution is 2.39. The van der Waals surface area contributed by atoms with Gasteiger partial charge in [0.15, 0.2) is 0 Å². The van der Waals surface area contributed by atoms with Crippen molar-refractivity contribution in [2.24, 2.45) is 5.92 Å². The van der Waals surface area contributed by atoms with Crippen LogP contribution < -0.4 is 5.32 Å². The molecule has 2 aliphatic rings. The van der Waals surface area contributed by atoms with Crippen molar-refractivity contribution in [3.63, 3.8) is 0 Å². The lowest BCUT2D eigenvalue weighted by atomic mass is 9.84. The van der Waals surface area contributed by atoms with Crippen molar-refractivity contribution < 1.29 is 9.90 Å². The van der Waals surface area contributed by atoms with E-state index in [0.29, 0.717) is 5.92 Å². The zero-order chi connectivity index (χ0) is 14.6. The molecule has 0 aromatic heterocycles. The molecule has 20 heavy (non-hydrogen) atoms. The van der Waals surface area contributed by atoms with Gasteiger partial charge in [0.05, 0.1) is 0 Å². The number of carboxylic acids is 1. The molecule has 2 N–H and O–H groups in total. The molecule has 0 radical (unpaired) electrons. The first-order valence-electron chi connectivity index (χ1n) is 8.36. The average Bonchev–Trinajstić information content (AvgIpc) is 3.18. The van der Waals surface area contributed by atoms with Gasteiger partial charge in [0.1, 0.15) is 5.54 Å². The van der Waals surface area contributed by atoms with Gasteiger partial charge in [0.25, 0.3) is 0 Å². The van der Waals surface area contributed by atoms with Crippen molar-refractivity contribution >= 4 is 5.97 Å². The second-order valence-electron chi connectivity index (χ2n) is 6.44. The fourth-order valence-corrected chi connectivity index (χ4v) is 3.77. The number of carbonyl (C=O) groups is 1. The maximum atomic E-state index is 11.8. The van der Waals surface area contributed by atoms with E-state index in [0.717, 1.165) is 57.8 Å². The monoisotopic (exact) mass is 282 g/mol. The van der Waals surface area contributed by atoms with Crippen LogP contribution in [0, 0.1) is 5.92 Å².